The minimum atomic E-state index is -1.11. The Hall–Kier alpha value is -4.66. The number of benzene rings is 3. The molecule has 3 aromatic carbocycles. The summed E-state index contributed by atoms with van der Waals surface area (Å²) in [7, 11) is 0. The normalized spacial score (nSPS) is 21.7. The minimum absolute atomic E-state index is 0.0619. The standard InChI is InChI=1S/C41H49F2N5O4/c1-4-27(2)41(47-28(3)49)15-16-48(40(41)51)38(14-13-29-9-6-5-7-10-29)39(50)46-36(20-32-18-33(42)21-34(43)19-32)22-35-23-37(25-45-35)52-26-31-12-8-11-30(17-31)24-44/h5-12,17-19,21,27,35-38,45H,4,13-16,20,22-23,25-26H2,1-3H3,(H,46,50)(H,47,49)/t27?,35-,36-,37+,38-,41-/m0/s1. The van der Waals surface area contributed by atoms with Gasteiger partial charge in [0, 0.05) is 38.2 Å². The highest BCUT2D eigenvalue weighted by Gasteiger charge is 2.53. The number of aryl methyl sites for hydroxylation is 1. The van der Waals surface area contributed by atoms with Crippen molar-refractivity contribution >= 4 is 17.7 Å². The highest BCUT2D eigenvalue weighted by atomic mass is 19.1. The smallest absolute Gasteiger partial charge is 0.249 e. The first-order valence-corrected chi connectivity index (χ1v) is 18.2. The third-order valence-electron chi connectivity index (χ3n) is 10.5. The molecule has 2 aliphatic heterocycles. The van der Waals surface area contributed by atoms with E-state index in [0.717, 1.165) is 17.2 Å². The molecule has 0 saturated carbocycles. The lowest BCUT2D eigenvalue weighted by atomic mass is 9.81. The molecule has 2 aliphatic rings. The van der Waals surface area contributed by atoms with Gasteiger partial charge in [0.2, 0.25) is 17.7 Å². The lowest BCUT2D eigenvalue weighted by Gasteiger charge is -2.36. The average Bonchev–Trinajstić information content (AvgIpc) is 3.70. The van der Waals surface area contributed by atoms with Crippen LogP contribution in [0, 0.1) is 28.9 Å². The molecule has 0 aromatic heterocycles. The molecule has 0 spiro atoms. The molecule has 0 radical (unpaired) electrons. The van der Waals surface area contributed by atoms with Crippen LogP contribution in [-0.4, -0.2) is 65.5 Å². The Bertz CT molecular complexity index is 1730. The molecular formula is C41H49F2N5O4. The predicted molar refractivity (Wildman–Crippen MR) is 194 cm³/mol. The molecule has 2 fully saturated rings. The van der Waals surface area contributed by atoms with Gasteiger partial charge in [-0.3, -0.25) is 14.4 Å². The first-order chi connectivity index (χ1) is 25.0. The summed E-state index contributed by atoms with van der Waals surface area (Å²) in [6.07, 6.45) is 3.11. The average molecular weight is 714 g/mol. The summed E-state index contributed by atoms with van der Waals surface area (Å²) in [6, 6.07) is 21.1. The number of amides is 3. The van der Waals surface area contributed by atoms with E-state index in [2.05, 4.69) is 22.0 Å². The summed E-state index contributed by atoms with van der Waals surface area (Å²) in [6.45, 7) is 6.55. The number of halogens is 2. The number of carbonyl (C=O) groups is 3. The van der Waals surface area contributed by atoms with Crippen molar-refractivity contribution in [1.29, 1.82) is 5.26 Å². The van der Waals surface area contributed by atoms with Crippen LogP contribution in [0.2, 0.25) is 0 Å². The monoisotopic (exact) mass is 713 g/mol. The Balaban J connectivity index is 1.35. The van der Waals surface area contributed by atoms with Crippen LogP contribution in [0.15, 0.2) is 72.8 Å². The second kappa shape index (κ2) is 17.7. The van der Waals surface area contributed by atoms with Gasteiger partial charge in [-0.25, -0.2) is 8.78 Å². The van der Waals surface area contributed by atoms with Crippen molar-refractivity contribution in [1.82, 2.24) is 20.9 Å². The van der Waals surface area contributed by atoms with Crippen molar-refractivity contribution in [3.05, 3.63) is 107 Å². The third kappa shape index (κ3) is 9.81. The van der Waals surface area contributed by atoms with E-state index in [1.54, 1.807) is 17.0 Å². The van der Waals surface area contributed by atoms with Gasteiger partial charge >= 0.3 is 0 Å². The highest BCUT2D eigenvalue weighted by Crippen LogP contribution is 2.34. The topological polar surface area (TPSA) is 124 Å². The molecule has 1 unspecified atom stereocenters. The maximum Gasteiger partial charge on any atom is 0.249 e. The molecule has 0 aliphatic carbocycles. The largest absolute Gasteiger partial charge is 0.372 e. The Morgan fingerprint density at radius 1 is 1.06 bits per heavy atom. The number of nitrogens with zero attached hydrogens (tertiary/aromatic N) is 2. The Morgan fingerprint density at radius 3 is 2.48 bits per heavy atom. The van der Waals surface area contributed by atoms with Gasteiger partial charge in [-0.2, -0.15) is 5.26 Å². The molecular weight excluding hydrogens is 664 g/mol. The number of carbonyl (C=O) groups excluding carboxylic acids is 3. The zero-order valence-electron chi connectivity index (χ0n) is 30.2. The first-order valence-electron chi connectivity index (χ1n) is 18.2. The Morgan fingerprint density at radius 2 is 1.79 bits per heavy atom. The predicted octanol–water partition coefficient (Wildman–Crippen LogP) is 5.36. The molecule has 2 saturated heterocycles. The van der Waals surface area contributed by atoms with Crippen LogP contribution in [0.1, 0.15) is 75.1 Å². The van der Waals surface area contributed by atoms with Crippen LogP contribution in [0.4, 0.5) is 8.78 Å². The molecule has 2 heterocycles. The molecule has 276 valence electrons. The van der Waals surface area contributed by atoms with E-state index >= 15 is 0 Å². The van der Waals surface area contributed by atoms with E-state index in [9.17, 15) is 28.4 Å². The van der Waals surface area contributed by atoms with Crippen LogP contribution >= 0.6 is 0 Å². The molecule has 0 bridgehead atoms. The van der Waals surface area contributed by atoms with Gasteiger partial charge in [0.15, 0.2) is 0 Å². The number of rotatable bonds is 16. The Kier molecular flexibility index (Phi) is 13.1. The lowest BCUT2D eigenvalue weighted by molar-refractivity contribution is -0.144. The molecule has 52 heavy (non-hydrogen) atoms. The van der Waals surface area contributed by atoms with Gasteiger partial charge in [-0.1, -0.05) is 62.7 Å². The second-order valence-corrected chi connectivity index (χ2v) is 14.3. The van der Waals surface area contributed by atoms with Crippen molar-refractivity contribution in [2.75, 3.05) is 13.1 Å². The SMILES string of the molecule is CCC(C)[C@@]1(NC(C)=O)CCN([C@@H](CCc2ccccc2)C(=O)N[C@@H](Cc2cc(F)cc(F)c2)C[C@H]2C[C@@H](OCc3cccc(C#N)c3)CN2)C1=O. The molecule has 3 aromatic rings. The van der Waals surface area contributed by atoms with Crippen LogP contribution in [-0.2, 0) is 38.6 Å². The summed E-state index contributed by atoms with van der Waals surface area (Å²) in [5.41, 5.74) is 1.78. The number of likely N-dealkylation sites (tertiary alicyclic amines) is 1. The van der Waals surface area contributed by atoms with E-state index in [-0.39, 0.29) is 42.2 Å². The van der Waals surface area contributed by atoms with Crippen molar-refractivity contribution in [3.8, 4) is 6.07 Å². The lowest BCUT2D eigenvalue weighted by Crippen LogP contribution is -2.60. The van der Waals surface area contributed by atoms with Crippen molar-refractivity contribution in [3.63, 3.8) is 0 Å². The van der Waals surface area contributed by atoms with E-state index < -0.39 is 29.3 Å². The molecule has 9 nitrogen and oxygen atoms in total. The Labute approximate surface area is 305 Å². The zero-order valence-corrected chi connectivity index (χ0v) is 30.2. The van der Waals surface area contributed by atoms with E-state index in [4.69, 9.17) is 4.74 Å². The summed E-state index contributed by atoms with van der Waals surface area (Å²) in [5, 5.41) is 18.8. The van der Waals surface area contributed by atoms with Gasteiger partial charge in [0.25, 0.3) is 0 Å². The quantitative estimate of drug-likeness (QED) is 0.184. The van der Waals surface area contributed by atoms with Crippen LogP contribution in [0.5, 0.6) is 0 Å². The third-order valence-corrected chi connectivity index (χ3v) is 10.5. The fourth-order valence-electron chi connectivity index (χ4n) is 7.68. The molecule has 3 amide bonds. The highest BCUT2D eigenvalue weighted by molar-refractivity contribution is 5.96. The summed E-state index contributed by atoms with van der Waals surface area (Å²) in [5.74, 6) is -2.47. The number of nitriles is 1. The molecule has 5 rings (SSSR count). The van der Waals surface area contributed by atoms with E-state index in [1.165, 1.54) is 19.1 Å². The van der Waals surface area contributed by atoms with Gasteiger partial charge in [0.05, 0.1) is 24.3 Å². The van der Waals surface area contributed by atoms with Crippen LogP contribution in [0.25, 0.3) is 0 Å². The fraction of sp³-hybridized carbons (Fsp3) is 0.463. The van der Waals surface area contributed by atoms with E-state index in [0.29, 0.717) is 69.3 Å². The fourth-order valence-corrected chi connectivity index (χ4v) is 7.68. The van der Waals surface area contributed by atoms with Crippen molar-refractivity contribution in [2.45, 2.75) is 102 Å². The van der Waals surface area contributed by atoms with Crippen LogP contribution < -0.4 is 16.0 Å². The van der Waals surface area contributed by atoms with Gasteiger partial charge in [-0.15, -0.1) is 0 Å². The summed E-state index contributed by atoms with van der Waals surface area (Å²) in [4.78, 5) is 42.7. The summed E-state index contributed by atoms with van der Waals surface area (Å²) < 4.78 is 34.8. The van der Waals surface area contributed by atoms with Crippen molar-refractivity contribution in [2.24, 2.45) is 5.92 Å². The molecule has 11 heteroatoms. The molecule has 3 N–H and O–H groups in total. The van der Waals surface area contributed by atoms with Gasteiger partial charge in [-0.05, 0) is 85.4 Å². The maximum atomic E-state index is 14.4. The second-order valence-electron chi connectivity index (χ2n) is 14.3. The first kappa shape index (κ1) is 38.6. The van der Waals surface area contributed by atoms with Gasteiger partial charge in [0.1, 0.15) is 23.2 Å². The minimum Gasteiger partial charge on any atom is -0.372 e. The molecule has 6 atom stereocenters. The number of ether oxygens (including phenoxy) is 1. The number of nitrogens with one attached hydrogen (secondary N) is 3. The summed E-state index contributed by atoms with van der Waals surface area (Å²) >= 11 is 0. The van der Waals surface area contributed by atoms with E-state index in [1.807, 2.05) is 56.3 Å². The maximum absolute atomic E-state index is 14.4. The number of hydrogen-bond acceptors (Lipinski definition) is 6. The van der Waals surface area contributed by atoms with Crippen molar-refractivity contribution < 1.29 is 27.9 Å². The van der Waals surface area contributed by atoms with Gasteiger partial charge < -0.3 is 25.6 Å². The van der Waals surface area contributed by atoms with Crippen LogP contribution in [0.3, 0.4) is 0 Å². The zero-order chi connectivity index (χ0) is 37.3. The number of hydrogen-bond donors (Lipinski definition) is 3.